The molecule has 6 heteroatoms. The van der Waals surface area contributed by atoms with Gasteiger partial charge in [-0.25, -0.2) is 9.97 Å². The topological polar surface area (TPSA) is 64.1 Å². The van der Waals surface area contributed by atoms with Gasteiger partial charge in [0.25, 0.3) is 0 Å². The number of thioether (sulfide) groups is 1. The first-order chi connectivity index (χ1) is 15.5. The van der Waals surface area contributed by atoms with Crippen LogP contribution < -0.4 is 10.1 Å². The highest BCUT2D eigenvalue weighted by Gasteiger charge is 2.15. The number of carbonyl (C=O) groups excluding carboxylic acids is 1. The summed E-state index contributed by atoms with van der Waals surface area (Å²) in [5.74, 6) is 0.993. The van der Waals surface area contributed by atoms with Gasteiger partial charge < -0.3 is 10.1 Å². The molecule has 0 fully saturated rings. The quantitative estimate of drug-likeness (QED) is 0.378. The fraction of sp³-hybridized carbons (Fsp3) is 0.192. The molecule has 32 heavy (non-hydrogen) atoms. The molecular formula is C26H25N3O2S. The Morgan fingerprint density at radius 2 is 1.69 bits per heavy atom. The number of amides is 1. The van der Waals surface area contributed by atoms with Crippen molar-refractivity contribution in [2.45, 2.75) is 25.3 Å². The number of nitrogens with zero attached hydrogens (tertiary/aromatic N) is 2. The first-order valence-electron chi connectivity index (χ1n) is 10.4. The van der Waals surface area contributed by atoms with Gasteiger partial charge in [-0.05, 0) is 49.2 Å². The van der Waals surface area contributed by atoms with Crippen molar-refractivity contribution in [1.29, 1.82) is 0 Å². The standard InChI is InChI=1S/C26H25N3O2S/c1-17-12-13-18(2)22(14-17)28-25(30)16-32-26-23(15-19-8-4-7-11-24(19)31-3)27-20-9-5-6-10-21(20)29-26/h4-14H,15-16H2,1-3H3,(H,28,30). The van der Waals surface area contributed by atoms with E-state index in [9.17, 15) is 4.79 Å². The van der Waals surface area contributed by atoms with Crippen molar-refractivity contribution in [3.63, 3.8) is 0 Å². The smallest absolute Gasteiger partial charge is 0.234 e. The second kappa shape index (κ2) is 9.83. The second-order valence-corrected chi connectivity index (χ2v) is 8.57. The monoisotopic (exact) mass is 443 g/mol. The molecule has 1 N–H and O–H groups in total. The van der Waals surface area contributed by atoms with Crippen molar-refractivity contribution in [2.75, 3.05) is 18.2 Å². The minimum Gasteiger partial charge on any atom is -0.496 e. The minimum absolute atomic E-state index is 0.0677. The molecule has 0 atom stereocenters. The van der Waals surface area contributed by atoms with E-state index in [1.54, 1.807) is 7.11 Å². The van der Waals surface area contributed by atoms with Gasteiger partial charge in [-0.3, -0.25) is 4.79 Å². The Morgan fingerprint density at radius 1 is 0.969 bits per heavy atom. The fourth-order valence-electron chi connectivity index (χ4n) is 3.47. The zero-order valence-electron chi connectivity index (χ0n) is 18.4. The Labute approximate surface area is 192 Å². The maximum absolute atomic E-state index is 12.7. The van der Waals surface area contributed by atoms with Crippen molar-refractivity contribution in [3.8, 4) is 5.75 Å². The molecule has 0 unspecified atom stereocenters. The van der Waals surface area contributed by atoms with E-state index in [4.69, 9.17) is 14.7 Å². The highest BCUT2D eigenvalue weighted by molar-refractivity contribution is 8.00. The maximum atomic E-state index is 12.7. The predicted octanol–water partition coefficient (Wildman–Crippen LogP) is 5.58. The molecular weight excluding hydrogens is 418 g/mol. The van der Waals surface area contributed by atoms with Gasteiger partial charge in [-0.2, -0.15) is 0 Å². The van der Waals surface area contributed by atoms with Crippen LogP contribution in [-0.4, -0.2) is 28.7 Å². The number of aryl methyl sites for hydroxylation is 2. The summed E-state index contributed by atoms with van der Waals surface area (Å²) < 4.78 is 5.51. The molecule has 0 saturated carbocycles. The molecule has 4 aromatic rings. The van der Waals surface area contributed by atoms with Crippen LogP contribution in [0.3, 0.4) is 0 Å². The van der Waals surface area contributed by atoms with E-state index in [1.807, 2.05) is 80.6 Å². The minimum atomic E-state index is -0.0677. The molecule has 0 spiro atoms. The van der Waals surface area contributed by atoms with Crippen LogP contribution in [0.25, 0.3) is 11.0 Å². The Kier molecular flexibility index (Phi) is 6.71. The van der Waals surface area contributed by atoms with Crippen LogP contribution in [0, 0.1) is 13.8 Å². The SMILES string of the molecule is COc1ccccc1Cc1nc2ccccc2nc1SCC(=O)Nc1cc(C)ccc1C. The first-order valence-corrected chi connectivity index (χ1v) is 11.4. The molecule has 0 aliphatic heterocycles. The third kappa shape index (κ3) is 5.08. The lowest BCUT2D eigenvalue weighted by atomic mass is 10.1. The molecule has 1 amide bonds. The largest absolute Gasteiger partial charge is 0.496 e. The summed E-state index contributed by atoms with van der Waals surface area (Å²) >= 11 is 1.41. The number of hydrogen-bond donors (Lipinski definition) is 1. The lowest BCUT2D eigenvalue weighted by Crippen LogP contribution is -2.15. The summed E-state index contributed by atoms with van der Waals surface area (Å²) in [6.45, 7) is 4.00. The molecule has 5 nitrogen and oxygen atoms in total. The van der Waals surface area contributed by atoms with E-state index in [1.165, 1.54) is 11.8 Å². The van der Waals surface area contributed by atoms with Crippen molar-refractivity contribution < 1.29 is 9.53 Å². The number of para-hydroxylation sites is 3. The van der Waals surface area contributed by atoms with E-state index in [2.05, 4.69) is 5.32 Å². The third-order valence-corrected chi connectivity index (χ3v) is 6.17. The lowest BCUT2D eigenvalue weighted by molar-refractivity contribution is -0.113. The van der Waals surface area contributed by atoms with Crippen molar-refractivity contribution >= 4 is 34.4 Å². The second-order valence-electron chi connectivity index (χ2n) is 7.61. The number of aromatic nitrogens is 2. The van der Waals surface area contributed by atoms with Gasteiger partial charge in [-0.15, -0.1) is 0 Å². The summed E-state index contributed by atoms with van der Waals surface area (Å²) in [6, 6.07) is 21.7. The molecule has 0 radical (unpaired) electrons. The number of rotatable bonds is 7. The first kappa shape index (κ1) is 21.8. The molecule has 1 heterocycles. The van der Waals surface area contributed by atoms with Crippen molar-refractivity contribution in [2.24, 2.45) is 0 Å². The van der Waals surface area contributed by atoms with Crippen LogP contribution in [0.1, 0.15) is 22.4 Å². The number of hydrogen-bond acceptors (Lipinski definition) is 5. The summed E-state index contributed by atoms with van der Waals surface area (Å²) in [4.78, 5) is 22.4. The molecule has 162 valence electrons. The molecule has 0 saturated heterocycles. The van der Waals surface area contributed by atoms with Crippen LogP contribution >= 0.6 is 11.8 Å². The third-order valence-electron chi connectivity index (χ3n) is 5.16. The molecule has 0 bridgehead atoms. The van der Waals surface area contributed by atoms with Crippen LogP contribution in [0.15, 0.2) is 71.8 Å². The van der Waals surface area contributed by atoms with Gasteiger partial charge in [-0.1, -0.05) is 54.2 Å². The normalized spacial score (nSPS) is 10.8. The Morgan fingerprint density at radius 3 is 2.47 bits per heavy atom. The van der Waals surface area contributed by atoms with E-state index in [0.29, 0.717) is 6.42 Å². The van der Waals surface area contributed by atoms with E-state index in [0.717, 1.165) is 49.9 Å². The van der Waals surface area contributed by atoms with Crippen molar-refractivity contribution in [1.82, 2.24) is 9.97 Å². The summed E-state index contributed by atoms with van der Waals surface area (Å²) in [6.07, 6.45) is 0.572. The van der Waals surface area contributed by atoms with Crippen molar-refractivity contribution in [3.05, 3.63) is 89.1 Å². The van der Waals surface area contributed by atoms with Gasteiger partial charge in [0, 0.05) is 17.7 Å². The number of methoxy groups -OCH3 is 1. The fourth-order valence-corrected chi connectivity index (χ4v) is 4.26. The number of nitrogens with one attached hydrogen (secondary N) is 1. The number of anilines is 1. The molecule has 0 aliphatic carbocycles. The molecule has 3 aromatic carbocycles. The lowest BCUT2D eigenvalue weighted by Gasteiger charge is -2.13. The average molecular weight is 444 g/mol. The molecule has 0 aliphatic rings. The van der Waals surface area contributed by atoms with Gasteiger partial charge in [0.15, 0.2) is 0 Å². The van der Waals surface area contributed by atoms with Crippen LogP contribution in [-0.2, 0) is 11.2 Å². The Bertz CT molecular complexity index is 1270. The number of fused-ring (bicyclic) bond motifs is 1. The number of carbonyl (C=O) groups is 1. The van der Waals surface area contributed by atoms with Gasteiger partial charge in [0.05, 0.1) is 29.6 Å². The summed E-state index contributed by atoms with van der Waals surface area (Å²) in [5.41, 5.74) is 6.50. The van der Waals surface area contributed by atoms with Crippen LogP contribution in [0.4, 0.5) is 5.69 Å². The summed E-state index contributed by atoms with van der Waals surface area (Å²) in [7, 11) is 1.66. The average Bonchev–Trinajstić information content (AvgIpc) is 2.80. The van der Waals surface area contributed by atoms with Gasteiger partial charge in [0.2, 0.25) is 5.91 Å². The summed E-state index contributed by atoms with van der Waals surface area (Å²) in [5, 5.41) is 3.77. The van der Waals surface area contributed by atoms with E-state index >= 15 is 0 Å². The van der Waals surface area contributed by atoms with E-state index in [-0.39, 0.29) is 11.7 Å². The number of benzene rings is 3. The van der Waals surface area contributed by atoms with Crippen LogP contribution in [0.2, 0.25) is 0 Å². The predicted molar refractivity (Wildman–Crippen MR) is 131 cm³/mol. The zero-order chi connectivity index (χ0) is 22.5. The Hall–Kier alpha value is -3.38. The highest BCUT2D eigenvalue weighted by Crippen LogP contribution is 2.28. The number of ether oxygens (including phenoxy) is 1. The molecule has 1 aromatic heterocycles. The zero-order valence-corrected chi connectivity index (χ0v) is 19.2. The van der Waals surface area contributed by atoms with E-state index < -0.39 is 0 Å². The highest BCUT2D eigenvalue weighted by atomic mass is 32.2. The van der Waals surface area contributed by atoms with Gasteiger partial charge in [0.1, 0.15) is 10.8 Å². The van der Waals surface area contributed by atoms with Gasteiger partial charge >= 0.3 is 0 Å². The Balaban J connectivity index is 1.58. The molecule has 4 rings (SSSR count). The van der Waals surface area contributed by atoms with Crippen LogP contribution in [0.5, 0.6) is 5.75 Å². The maximum Gasteiger partial charge on any atom is 0.234 e.